The zero-order chi connectivity index (χ0) is 22.9. The molecular weight excluding hydrogens is 459 g/mol. The van der Waals surface area contributed by atoms with E-state index in [0.29, 0.717) is 40.8 Å². The van der Waals surface area contributed by atoms with Crippen LogP contribution in [0, 0.1) is 0 Å². The normalized spacial score (nSPS) is 15.2. The zero-order valence-electron chi connectivity index (χ0n) is 17.0. The van der Waals surface area contributed by atoms with E-state index in [1.54, 1.807) is 24.3 Å². The van der Waals surface area contributed by atoms with E-state index in [1.807, 2.05) is 5.38 Å². The van der Waals surface area contributed by atoms with Gasteiger partial charge in [0.15, 0.2) is 5.78 Å². The fraction of sp³-hybridized carbons (Fsp3) is 0.261. The Morgan fingerprint density at radius 2 is 1.62 bits per heavy atom. The van der Waals surface area contributed by atoms with Gasteiger partial charge in [-0.25, -0.2) is 0 Å². The lowest BCUT2D eigenvalue weighted by molar-refractivity contribution is -0.137. The Morgan fingerprint density at radius 3 is 2.22 bits per heavy atom. The molecule has 32 heavy (non-hydrogen) atoms. The van der Waals surface area contributed by atoms with Crippen LogP contribution in [0.4, 0.5) is 23.9 Å². The van der Waals surface area contributed by atoms with E-state index in [1.165, 1.54) is 23.5 Å². The van der Waals surface area contributed by atoms with Crippen LogP contribution in [-0.4, -0.2) is 36.9 Å². The van der Waals surface area contributed by atoms with Gasteiger partial charge in [0.25, 0.3) is 0 Å². The maximum Gasteiger partial charge on any atom is 0.416 e. The van der Waals surface area contributed by atoms with Crippen LogP contribution in [0.2, 0.25) is 5.02 Å². The van der Waals surface area contributed by atoms with Crippen LogP contribution in [0.25, 0.3) is 0 Å². The van der Waals surface area contributed by atoms with Gasteiger partial charge in [-0.2, -0.15) is 13.2 Å². The van der Waals surface area contributed by atoms with Gasteiger partial charge >= 0.3 is 6.18 Å². The molecule has 1 aromatic heterocycles. The van der Waals surface area contributed by atoms with Gasteiger partial charge < -0.3 is 10.6 Å². The molecule has 0 amide bonds. The molecule has 0 radical (unpaired) electrons. The van der Waals surface area contributed by atoms with Gasteiger partial charge in [-0.15, -0.1) is 11.3 Å². The quantitative estimate of drug-likeness (QED) is 0.487. The number of benzene rings is 2. The van der Waals surface area contributed by atoms with Crippen molar-refractivity contribution in [1.29, 1.82) is 0 Å². The third-order valence-electron chi connectivity index (χ3n) is 5.56. The summed E-state index contributed by atoms with van der Waals surface area (Å²) in [7, 11) is 0. The minimum Gasteiger partial charge on any atom is -0.390 e. The highest BCUT2D eigenvalue weighted by Gasteiger charge is 2.30. The van der Waals surface area contributed by atoms with Crippen molar-refractivity contribution in [3.05, 3.63) is 81.2 Å². The van der Waals surface area contributed by atoms with Crippen LogP contribution in [0.3, 0.4) is 0 Å². The number of carbonyl (C=O) groups excluding carboxylic acids is 1. The molecule has 0 bridgehead atoms. The average molecular weight is 480 g/mol. The topological polar surface area (TPSA) is 49.6 Å². The highest BCUT2D eigenvalue weighted by molar-refractivity contribution is 7.14. The molecule has 0 aliphatic carbocycles. The van der Waals surface area contributed by atoms with Gasteiger partial charge in [-0.3, -0.25) is 9.69 Å². The second-order valence-corrected chi connectivity index (χ2v) is 8.99. The summed E-state index contributed by atoms with van der Waals surface area (Å²) in [6.45, 7) is 3.41. The number of nitrogens with two attached hydrogens (primary N) is 1. The maximum absolute atomic E-state index is 13.0. The molecule has 168 valence electrons. The van der Waals surface area contributed by atoms with Crippen molar-refractivity contribution in [3.8, 4) is 0 Å². The van der Waals surface area contributed by atoms with Crippen molar-refractivity contribution in [2.24, 2.45) is 0 Å². The molecule has 4 rings (SSSR count). The van der Waals surface area contributed by atoms with Crippen LogP contribution < -0.4 is 10.6 Å². The summed E-state index contributed by atoms with van der Waals surface area (Å²) in [6.07, 6.45) is -4.33. The molecule has 2 aromatic carbocycles. The molecular formula is C23H21ClF3N3OS. The van der Waals surface area contributed by atoms with Crippen molar-refractivity contribution < 1.29 is 18.0 Å². The standard InChI is InChI=1S/C23H21ClF3N3OS/c24-18-5-1-15(2-6-18)21(31)20-16(14-32-22(20)28)13-29-9-11-30(12-10-29)19-7-3-17(4-8-19)23(25,26)27/h1-8,14H,9-13,28H2. The first-order chi connectivity index (χ1) is 15.2. The summed E-state index contributed by atoms with van der Waals surface area (Å²) >= 11 is 7.27. The summed E-state index contributed by atoms with van der Waals surface area (Å²) < 4.78 is 38.3. The van der Waals surface area contributed by atoms with Gasteiger partial charge in [0, 0.05) is 49.0 Å². The van der Waals surface area contributed by atoms with Gasteiger partial charge in [0.05, 0.1) is 16.1 Å². The number of hydrogen-bond donors (Lipinski definition) is 1. The number of thiophene rings is 1. The van der Waals surface area contributed by atoms with Crippen LogP contribution in [0.5, 0.6) is 0 Å². The number of alkyl halides is 3. The summed E-state index contributed by atoms with van der Waals surface area (Å²) in [6, 6.07) is 12.0. The predicted molar refractivity (Wildman–Crippen MR) is 123 cm³/mol. The maximum atomic E-state index is 13.0. The SMILES string of the molecule is Nc1scc(CN2CCN(c3ccc(C(F)(F)F)cc3)CC2)c1C(=O)c1ccc(Cl)cc1. The molecule has 0 spiro atoms. The van der Waals surface area contributed by atoms with Crippen LogP contribution >= 0.6 is 22.9 Å². The van der Waals surface area contributed by atoms with Crippen LogP contribution in [0.1, 0.15) is 27.0 Å². The minimum absolute atomic E-state index is 0.126. The van der Waals surface area contributed by atoms with E-state index >= 15 is 0 Å². The lowest BCUT2D eigenvalue weighted by atomic mass is 10.0. The number of hydrogen-bond acceptors (Lipinski definition) is 5. The number of carbonyl (C=O) groups is 1. The summed E-state index contributed by atoms with van der Waals surface area (Å²) in [5, 5.41) is 2.97. The summed E-state index contributed by atoms with van der Waals surface area (Å²) in [4.78, 5) is 17.3. The number of anilines is 2. The Balaban J connectivity index is 1.41. The Labute approximate surface area is 193 Å². The molecule has 2 heterocycles. The second-order valence-electron chi connectivity index (χ2n) is 7.64. The Morgan fingerprint density at radius 1 is 1.00 bits per heavy atom. The molecule has 2 N–H and O–H groups in total. The summed E-state index contributed by atoms with van der Waals surface area (Å²) in [5.74, 6) is -0.126. The van der Waals surface area contributed by atoms with Crippen molar-refractivity contribution >= 4 is 39.4 Å². The first-order valence-electron chi connectivity index (χ1n) is 10.0. The molecule has 1 aliphatic heterocycles. The van der Waals surface area contributed by atoms with Crippen LogP contribution in [0.15, 0.2) is 53.9 Å². The molecule has 0 atom stereocenters. The molecule has 0 saturated carbocycles. The van der Waals surface area contributed by atoms with E-state index in [2.05, 4.69) is 9.80 Å². The zero-order valence-corrected chi connectivity index (χ0v) is 18.6. The number of ketones is 1. The molecule has 1 fully saturated rings. The number of piperazine rings is 1. The Kier molecular flexibility index (Phi) is 6.46. The monoisotopic (exact) mass is 479 g/mol. The third-order valence-corrected chi connectivity index (χ3v) is 6.67. The van der Waals surface area contributed by atoms with Crippen molar-refractivity contribution in [3.63, 3.8) is 0 Å². The van der Waals surface area contributed by atoms with E-state index in [-0.39, 0.29) is 5.78 Å². The number of nitrogen functional groups attached to an aromatic ring is 1. The Bertz CT molecular complexity index is 1090. The number of nitrogens with zero attached hydrogens (tertiary/aromatic N) is 2. The fourth-order valence-electron chi connectivity index (χ4n) is 3.80. The van der Waals surface area contributed by atoms with Crippen LogP contribution in [-0.2, 0) is 12.7 Å². The van der Waals surface area contributed by atoms with E-state index in [9.17, 15) is 18.0 Å². The van der Waals surface area contributed by atoms with Crippen molar-refractivity contribution in [2.45, 2.75) is 12.7 Å². The van der Waals surface area contributed by atoms with Gasteiger partial charge in [0.1, 0.15) is 0 Å². The first-order valence-corrected chi connectivity index (χ1v) is 11.3. The molecule has 9 heteroatoms. The number of rotatable bonds is 5. The van der Waals surface area contributed by atoms with Gasteiger partial charge in [0.2, 0.25) is 0 Å². The molecule has 3 aromatic rings. The van der Waals surface area contributed by atoms with Gasteiger partial charge in [-0.1, -0.05) is 11.6 Å². The van der Waals surface area contributed by atoms with Gasteiger partial charge in [-0.05, 0) is 59.5 Å². The van der Waals surface area contributed by atoms with Crippen molar-refractivity contribution in [2.75, 3.05) is 36.8 Å². The largest absolute Gasteiger partial charge is 0.416 e. The predicted octanol–water partition coefficient (Wildman–Crippen LogP) is 5.56. The fourth-order valence-corrected chi connectivity index (χ4v) is 4.73. The number of halogens is 4. The highest BCUT2D eigenvalue weighted by atomic mass is 35.5. The Hall–Kier alpha value is -2.55. The van der Waals surface area contributed by atoms with E-state index < -0.39 is 11.7 Å². The third kappa shape index (κ3) is 4.92. The smallest absolute Gasteiger partial charge is 0.390 e. The minimum atomic E-state index is -4.33. The lowest BCUT2D eigenvalue weighted by Gasteiger charge is -2.36. The second kappa shape index (κ2) is 9.13. The van der Waals surface area contributed by atoms with Crippen molar-refractivity contribution in [1.82, 2.24) is 4.90 Å². The molecule has 0 unspecified atom stereocenters. The molecule has 4 nitrogen and oxygen atoms in total. The first kappa shape index (κ1) is 22.6. The lowest BCUT2D eigenvalue weighted by Crippen LogP contribution is -2.46. The van der Waals surface area contributed by atoms with E-state index in [0.717, 1.165) is 36.5 Å². The molecule has 1 aliphatic rings. The van der Waals surface area contributed by atoms with E-state index in [4.69, 9.17) is 17.3 Å². The summed E-state index contributed by atoms with van der Waals surface area (Å²) in [5.41, 5.74) is 8.20. The highest BCUT2D eigenvalue weighted by Crippen LogP contribution is 2.32. The molecule has 1 saturated heterocycles. The average Bonchev–Trinajstić information content (AvgIpc) is 3.13.